The maximum Gasteiger partial charge on any atom is 0.274 e. The van der Waals surface area contributed by atoms with Crippen LogP contribution in [0.4, 0.5) is 0 Å². The van der Waals surface area contributed by atoms with E-state index in [-0.39, 0.29) is 17.4 Å². The third kappa shape index (κ3) is 3.45. The highest BCUT2D eigenvalue weighted by Gasteiger charge is 2.32. The normalized spacial score (nSPS) is 22.2. The molecular formula is C14H21N3O3. The van der Waals surface area contributed by atoms with Gasteiger partial charge in [0.05, 0.1) is 13.2 Å². The molecule has 1 aliphatic rings. The first-order valence-electron chi connectivity index (χ1n) is 6.76. The number of carbonyl (C=O) groups is 1. The van der Waals surface area contributed by atoms with Crippen LogP contribution in [0, 0.1) is 5.41 Å². The zero-order valence-corrected chi connectivity index (χ0v) is 12.2. The van der Waals surface area contributed by atoms with Crippen LogP contribution in [-0.2, 0) is 0 Å². The maximum absolute atomic E-state index is 12.4. The summed E-state index contributed by atoms with van der Waals surface area (Å²) in [6.45, 7) is 5.26. The smallest absolute Gasteiger partial charge is 0.274 e. The summed E-state index contributed by atoms with van der Waals surface area (Å²) in [4.78, 5) is 14.2. The summed E-state index contributed by atoms with van der Waals surface area (Å²) in [7, 11) is 1.50. The van der Waals surface area contributed by atoms with Crippen LogP contribution in [-0.4, -0.2) is 52.4 Å². The minimum absolute atomic E-state index is 0.106. The molecule has 6 nitrogen and oxygen atoms in total. The lowest BCUT2D eigenvalue weighted by Gasteiger charge is -2.29. The van der Waals surface area contributed by atoms with Gasteiger partial charge < -0.3 is 14.7 Å². The molecule has 1 aromatic rings. The zero-order chi connectivity index (χ0) is 14.8. The van der Waals surface area contributed by atoms with E-state index in [0.29, 0.717) is 37.5 Å². The minimum atomic E-state index is -0.357. The van der Waals surface area contributed by atoms with E-state index < -0.39 is 0 Å². The van der Waals surface area contributed by atoms with E-state index in [2.05, 4.69) is 24.0 Å². The number of aromatic nitrogens is 2. The molecule has 20 heavy (non-hydrogen) atoms. The van der Waals surface area contributed by atoms with Crippen molar-refractivity contribution in [3.63, 3.8) is 0 Å². The zero-order valence-electron chi connectivity index (χ0n) is 12.2. The molecule has 1 fully saturated rings. The van der Waals surface area contributed by atoms with Crippen molar-refractivity contribution >= 4 is 5.91 Å². The van der Waals surface area contributed by atoms with E-state index in [4.69, 9.17) is 4.74 Å². The number of nitrogens with zero attached hydrogens (tertiary/aromatic N) is 3. The van der Waals surface area contributed by atoms with Gasteiger partial charge in [-0.2, -0.15) is 0 Å². The Morgan fingerprint density at radius 2 is 2.20 bits per heavy atom. The molecule has 6 heteroatoms. The predicted octanol–water partition coefficient (Wildman–Crippen LogP) is 1.11. The molecule has 1 saturated heterocycles. The number of amides is 1. The second kappa shape index (κ2) is 5.75. The summed E-state index contributed by atoms with van der Waals surface area (Å²) in [5, 5.41) is 17.6. The molecule has 110 valence electrons. The van der Waals surface area contributed by atoms with Crippen molar-refractivity contribution in [3.8, 4) is 5.88 Å². The monoisotopic (exact) mass is 279 g/mol. The van der Waals surface area contributed by atoms with Gasteiger partial charge in [0.1, 0.15) is 0 Å². The summed E-state index contributed by atoms with van der Waals surface area (Å²) in [5.41, 5.74) is 0.198. The quantitative estimate of drug-likeness (QED) is 0.877. The largest absolute Gasteiger partial charge is 0.480 e. The van der Waals surface area contributed by atoms with Crippen molar-refractivity contribution in [3.05, 3.63) is 17.8 Å². The molecule has 0 radical (unpaired) electrons. The molecule has 1 atom stereocenters. The van der Waals surface area contributed by atoms with Gasteiger partial charge in [-0.25, -0.2) is 0 Å². The van der Waals surface area contributed by atoms with Crippen LogP contribution in [0.25, 0.3) is 0 Å². The molecule has 2 rings (SSSR count). The van der Waals surface area contributed by atoms with E-state index in [1.54, 1.807) is 17.0 Å². The molecule has 1 unspecified atom stereocenters. The van der Waals surface area contributed by atoms with E-state index in [1.165, 1.54) is 7.11 Å². The molecule has 0 aromatic carbocycles. The lowest BCUT2D eigenvalue weighted by atomic mass is 9.87. The lowest BCUT2D eigenvalue weighted by Crippen LogP contribution is -2.38. The van der Waals surface area contributed by atoms with Gasteiger partial charge in [-0.1, -0.05) is 13.8 Å². The molecule has 1 aliphatic heterocycles. The third-order valence-electron chi connectivity index (χ3n) is 3.49. The van der Waals surface area contributed by atoms with Crippen molar-refractivity contribution in [2.75, 3.05) is 20.2 Å². The number of ether oxygens (including phenoxy) is 1. The van der Waals surface area contributed by atoms with Gasteiger partial charge in [0, 0.05) is 19.2 Å². The van der Waals surface area contributed by atoms with Gasteiger partial charge >= 0.3 is 0 Å². The van der Waals surface area contributed by atoms with Crippen molar-refractivity contribution in [1.82, 2.24) is 15.1 Å². The summed E-state index contributed by atoms with van der Waals surface area (Å²) in [6, 6.07) is 3.24. The standard InChI is InChI=1S/C14H21N3O3/c1-14(2)8-10(18)6-7-17(9-14)13(19)11-4-5-12(20-3)16-15-11/h4-5,10,18H,6-9H2,1-3H3. The van der Waals surface area contributed by atoms with Crippen molar-refractivity contribution < 1.29 is 14.6 Å². The van der Waals surface area contributed by atoms with Crippen LogP contribution in [0.1, 0.15) is 37.2 Å². The summed E-state index contributed by atoms with van der Waals surface area (Å²) in [6.07, 6.45) is 0.939. The van der Waals surface area contributed by atoms with Gasteiger partial charge in [-0.05, 0) is 24.3 Å². The van der Waals surface area contributed by atoms with E-state index >= 15 is 0 Å². The molecule has 0 bridgehead atoms. The van der Waals surface area contributed by atoms with Gasteiger partial charge in [0.25, 0.3) is 5.91 Å². The number of methoxy groups -OCH3 is 1. The second-order valence-corrected chi connectivity index (χ2v) is 6.00. The first kappa shape index (κ1) is 14.7. The summed E-state index contributed by atoms with van der Waals surface area (Å²) >= 11 is 0. The topological polar surface area (TPSA) is 75.5 Å². The summed E-state index contributed by atoms with van der Waals surface area (Å²) < 4.78 is 4.93. The molecular weight excluding hydrogens is 258 g/mol. The Labute approximate surface area is 118 Å². The maximum atomic E-state index is 12.4. The Bertz CT molecular complexity index is 473. The lowest BCUT2D eigenvalue weighted by molar-refractivity contribution is 0.0697. The Morgan fingerprint density at radius 3 is 2.80 bits per heavy atom. The van der Waals surface area contributed by atoms with Crippen LogP contribution in [0.3, 0.4) is 0 Å². The Hall–Kier alpha value is -1.69. The van der Waals surface area contributed by atoms with Gasteiger partial charge in [0.15, 0.2) is 5.69 Å². The van der Waals surface area contributed by atoms with Crippen LogP contribution >= 0.6 is 0 Å². The van der Waals surface area contributed by atoms with Crippen LogP contribution < -0.4 is 4.74 Å². The number of likely N-dealkylation sites (tertiary alicyclic amines) is 1. The Morgan fingerprint density at radius 1 is 1.45 bits per heavy atom. The first-order chi connectivity index (χ1) is 9.41. The Balaban J connectivity index is 2.14. The van der Waals surface area contributed by atoms with E-state index in [1.807, 2.05) is 0 Å². The minimum Gasteiger partial charge on any atom is -0.480 e. The predicted molar refractivity (Wildman–Crippen MR) is 73.5 cm³/mol. The van der Waals surface area contributed by atoms with Gasteiger partial charge in [-0.15, -0.1) is 10.2 Å². The highest BCUT2D eigenvalue weighted by molar-refractivity contribution is 5.92. The second-order valence-electron chi connectivity index (χ2n) is 6.00. The third-order valence-corrected chi connectivity index (χ3v) is 3.49. The molecule has 1 N–H and O–H groups in total. The van der Waals surface area contributed by atoms with Crippen molar-refractivity contribution in [1.29, 1.82) is 0 Å². The first-order valence-corrected chi connectivity index (χ1v) is 6.76. The number of rotatable bonds is 2. The molecule has 2 heterocycles. The van der Waals surface area contributed by atoms with Gasteiger partial charge in [-0.3, -0.25) is 4.79 Å². The van der Waals surface area contributed by atoms with Crippen LogP contribution in [0.5, 0.6) is 5.88 Å². The number of aliphatic hydroxyl groups excluding tert-OH is 1. The summed E-state index contributed by atoms with van der Waals surface area (Å²) in [5.74, 6) is 0.232. The molecule has 1 amide bonds. The van der Waals surface area contributed by atoms with Crippen molar-refractivity contribution in [2.24, 2.45) is 5.41 Å². The number of hydrogen-bond acceptors (Lipinski definition) is 5. The fourth-order valence-electron chi connectivity index (χ4n) is 2.58. The number of aliphatic hydroxyl groups is 1. The average molecular weight is 279 g/mol. The molecule has 0 aliphatic carbocycles. The highest BCUT2D eigenvalue weighted by atomic mass is 16.5. The van der Waals surface area contributed by atoms with Crippen LogP contribution in [0.2, 0.25) is 0 Å². The number of carbonyl (C=O) groups excluding carboxylic acids is 1. The van der Waals surface area contributed by atoms with Crippen molar-refractivity contribution in [2.45, 2.75) is 32.8 Å². The van der Waals surface area contributed by atoms with Crippen LogP contribution in [0.15, 0.2) is 12.1 Å². The fourth-order valence-corrected chi connectivity index (χ4v) is 2.58. The molecule has 0 saturated carbocycles. The fraction of sp³-hybridized carbons (Fsp3) is 0.643. The molecule has 1 aromatic heterocycles. The van der Waals surface area contributed by atoms with Gasteiger partial charge in [0.2, 0.25) is 5.88 Å². The van der Waals surface area contributed by atoms with E-state index in [0.717, 1.165) is 0 Å². The molecule has 0 spiro atoms. The number of hydrogen-bond donors (Lipinski definition) is 1. The SMILES string of the molecule is COc1ccc(C(=O)N2CCC(O)CC(C)(C)C2)nn1. The Kier molecular flexibility index (Phi) is 4.23. The average Bonchev–Trinajstić information content (AvgIpc) is 2.55. The van der Waals surface area contributed by atoms with E-state index in [9.17, 15) is 9.90 Å². The highest BCUT2D eigenvalue weighted by Crippen LogP contribution is 2.28.